The lowest BCUT2D eigenvalue weighted by atomic mass is 9.86. The summed E-state index contributed by atoms with van der Waals surface area (Å²) in [6.07, 6.45) is 4.48. The van der Waals surface area contributed by atoms with Crippen LogP contribution in [-0.2, 0) is 9.59 Å². The normalized spacial score (nSPS) is 23.8. The number of fused-ring (bicyclic) bond motifs is 3. The molecule has 2 aromatic rings. The molecule has 0 aliphatic carbocycles. The number of aryl methyl sites for hydroxylation is 1. The molecule has 0 N–H and O–H groups in total. The molecule has 2 aromatic carbocycles. The summed E-state index contributed by atoms with van der Waals surface area (Å²) >= 11 is 0. The molecule has 2 amide bonds. The zero-order valence-corrected chi connectivity index (χ0v) is 19.2. The smallest absolute Gasteiger partial charge is 0.270 e. The molecule has 0 aromatic heterocycles. The fraction of sp³-hybridized carbons (Fsp3) is 0.200. The van der Waals surface area contributed by atoms with Gasteiger partial charge in [-0.05, 0) is 30.7 Å². The average Bonchev–Trinajstić information content (AvgIpc) is 3.35. The van der Waals surface area contributed by atoms with Gasteiger partial charge in [0.05, 0.1) is 45.1 Å². The minimum absolute atomic E-state index is 0.00674. The molecular weight excluding hydrogens is 482 g/mol. The molecule has 37 heavy (non-hydrogen) atoms. The number of hydrogen-bond donors (Lipinski definition) is 0. The van der Waals surface area contributed by atoms with Gasteiger partial charge < -0.3 is 4.90 Å². The molecule has 2 saturated heterocycles. The number of ketones is 1. The second-order valence-corrected chi connectivity index (χ2v) is 8.90. The molecule has 184 valence electrons. The van der Waals surface area contributed by atoms with Crippen LogP contribution in [0.5, 0.6) is 0 Å². The van der Waals surface area contributed by atoms with Crippen LogP contribution in [0.3, 0.4) is 0 Å². The van der Waals surface area contributed by atoms with Crippen molar-refractivity contribution in [3.63, 3.8) is 0 Å². The first-order chi connectivity index (χ1) is 17.6. The molecule has 0 saturated carbocycles. The number of hydrogen-bond acceptors (Lipinski definition) is 9. The SMILES string of the molecule is Cc1cc([N+](=O)[O-])ccc1N1C(=O)[C@@H]2[C@H](C1=O)[C@H]1C=C(C#N)C=CN1[C@@H]2C(=O)c1cccc([N+](=O)[O-])c1. The molecule has 4 atom stereocenters. The summed E-state index contributed by atoms with van der Waals surface area (Å²) in [5, 5.41) is 31.8. The number of imide groups is 1. The maximum atomic E-state index is 13.8. The van der Waals surface area contributed by atoms with Crippen LogP contribution in [0.25, 0.3) is 0 Å². The molecule has 3 heterocycles. The van der Waals surface area contributed by atoms with E-state index in [0.717, 1.165) is 11.0 Å². The third kappa shape index (κ3) is 3.56. The van der Waals surface area contributed by atoms with Gasteiger partial charge in [-0.25, -0.2) is 4.90 Å². The van der Waals surface area contributed by atoms with Gasteiger partial charge in [0, 0.05) is 36.0 Å². The molecule has 2 fully saturated rings. The van der Waals surface area contributed by atoms with Gasteiger partial charge >= 0.3 is 0 Å². The van der Waals surface area contributed by atoms with Crippen LogP contribution < -0.4 is 4.90 Å². The minimum Gasteiger partial charge on any atom is -0.359 e. The van der Waals surface area contributed by atoms with Gasteiger partial charge in [0.1, 0.15) is 6.04 Å². The van der Waals surface area contributed by atoms with Gasteiger partial charge in [0.2, 0.25) is 11.8 Å². The highest BCUT2D eigenvalue weighted by Crippen LogP contribution is 2.47. The van der Waals surface area contributed by atoms with Gasteiger partial charge in [0.15, 0.2) is 5.78 Å². The van der Waals surface area contributed by atoms with Gasteiger partial charge in [-0.1, -0.05) is 12.1 Å². The van der Waals surface area contributed by atoms with E-state index in [1.165, 1.54) is 61.7 Å². The Labute approximate surface area is 209 Å². The monoisotopic (exact) mass is 499 g/mol. The predicted octanol–water partition coefficient (Wildman–Crippen LogP) is 2.83. The molecule has 3 aliphatic rings. The lowest BCUT2D eigenvalue weighted by Crippen LogP contribution is -2.46. The van der Waals surface area contributed by atoms with Crippen molar-refractivity contribution >= 4 is 34.7 Å². The van der Waals surface area contributed by atoms with E-state index in [0.29, 0.717) is 5.56 Å². The Morgan fingerprint density at radius 3 is 2.32 bits per heavy atom. The lowest BCUT2D eigenvalue weighted by Gasteiger charge is -2.32. The Morgan fingerprint density at radius 2 is 1.68 bits per heavy atom. The first kappa shape index (κ1) is 23.6. The lowest BCUT2D eigenvalue weighted by molar-refractivity contribution is -0.385. The Kier molecular flexibility index (Phi) is 5.40. The number of Topliss-reactive ketones (excluding diaryl/α,β-unsaturated/α-hetero) is 1. The van der Waals surface area contributed by atoms with E-state index in [2.05, 4.69) is 0 Å². The van der Waals surface area contributed by atoms with E-state index >= 15 is 0 Å². The molecule has 0 radical (unpaired) electrons. The Balaban J connectivity index is 1.60. The zero-order chi connectivity index (χ0) is 26.6. The van der Waals surface area contributed by atoms with Crippen molar-refractivity contribution in [2.75, 3.05) is 4.90 Å². The van der Waals surface area contributed by atoms with Crippen LogP contribution in [-0.4, -0.2) is 44.4 Å². The first-order valence-electron chi connectivity index (χ1n) is 11.1. The molecule has 12 nitrogen and oxygen atoms in total. The highest BCUT2D eigenvalue weighted by atomic mass is 16.6. The fourth-order valence-electron chi connectivity index (χ4n) is 5.31. The Morgan fingerprint density at radius 1 is 1.00 bits per heavy atom. The number of nitrogens with zero attached hydrogens (tertiary/aromatic N) is 5. The summed E-state index contributed by atoms with van der Waals surface area (Å²) in [6.45, 7) is 1.53. The van der Waals surface area contributed by atoms with Gasteiger partial charge in [-0.2, -0.15) is 5.26 Å². The number of rotatable bonds is 5. The first-order valence-corrected chi connectivity index (χ1v) is 11.1. The molecule has 3 aliphatic heterocycles. The highest BCUT2D eigenvalue weighted by Gasteiger charge is 2.63. The van der Waals surface area contributed by atoms with Crippen LogP contribution in [0.15, 0.2) is 66.4 Å². The molecule has 0 bridgehead atoms. The third-order valence-corrected chi connectivity index (χ3v) is 6.92. The number of nitro groups is 2. The second kappa shape index (κ2) is 8.49. The molecule has 0 spiro atoms. The number of allylic oxidation sites excluding steroid dienone is 2. The van der Waals surface area contributed by atoms with Crippen molar-refractivity contribution in [2.45, 2.75) is 19.0 Å². The summed E-state index contributed by atoms with van der Waals surface area (Å²) in [5.74, 6) is -3.99. The van der Waals surface area contributed by atoms with Crippen molar-refractivity contribution in [1.82, 2.24) is 4.90 Å². The van der Waals surface area contributed by atoms with Gasteiger partial charge in [-0.3, -0.25) is 34.6 Å². The van der Waals surface area contributed by atoms with E-state index in [-0.39, 0.29) is 28.2 Å². The van der Waals surface area contributed by atoms with Crippen LogP contribution in [0.4, 0.5) is 17.1 Å². The maximum Gasteiger partial charge on any atom is 0.270 e. The Hall–Kier alpha value is -5.18. The number of anilines is 1. The fourth-order valence-corrected chi connectivity index (χ4v) is 5.31. The largest absolute Gasteiger partial charge is 0.359 e. The van der Waals surface area contributed by atoms with E-state index in [9.17, 15) is 39.9 Å². The third-order valence-electron chi connectivity index (χ3n) is 6.92. The number of non-ortho nitro benzene ring substituents is 2. The van der Waals surface area contributed by atoms with Crippen molar-refractivity contribution < 1.29 is 24.2 Å². The van der Waals surface area contributed by atoms with Crippen LogP contribution >= 0.6 is 0 Å². The second-order valence-electron chi connectivity index (χ2n) is 8.90. The van der Waals surface area contributed by atoms with Crippen LogP contribution in [0.1, 0.15) is 15.9 Å². The maximum absolute atomic E-state index is 13.8. The van der Waals surface area contributed by atoms with Crippen molar-refractivity contribution in [3.8, 4) is 6.07 Å². The van der Waals surface area contributed by atoms with E-state index < -0.39 is 51.4 Å². The van der Waals surface area contributed by atoms with Crippen molar-refractivity contribution in [3.05, 3.63) is 97.7 Å². The zero-order valence-electron chi connectivity index (χ0n) is 19.2. The average molecular weight is 499 g/mol. The summed E-state index contributed by atoms with van der Waals surface area (Å²) in [4.78, 5) is 64.8. The standard InChI is InChI=1S/C25H17N5O7/c1-13-9-17(30(36)37)5-6-18(13)28-24(32)20-19-10-14(12-26)7-8-27(19)22(21(20)25(28)33)23(31)15-3-2-4-16(11-15)29(34)35/h2-11,19-22H,1H3/t19-,20-,21-,22+/m1/s1. The van der Waals surface area contributed by atoms with Crippen molar-refractivity contribution in [1.29, 1.82) is 5.26 Å². The highest BCUT2D eigenvalue weighted by molar-refractivity contribution is 6.25. The predicted molar refractivity (Wildman–Crippen MR) is 127 cm³/mol. The molecule has 5 rings (SSSR count). The number of carbonyl (C=O) groups excluding carboxylic acids is 3. The van der Waals surface area contributed by atoms with Crippen LogP contribution in [0.2, 0.25) is 0 Å². The summed E-state index contributed by atoms with van der Waals surface area (Å²) in [5.41, 5.74) is 0.255. The number of carbonyl (C=O) groups is 3. The topological polar surface area (TPSA) is 168 Å². The van der Waals surface area contributed by atoms with Crippen LogP contribution in [0, 0.1) is 50.3 Å². The molecular formula is C25H17N5O7. The van der Waals surface area contributed by atoms with E-state index in [1.807, 2.05) is 6.07 Å². The summed E-state index contributed by atoms with van der Waals surface area (Å²) in [6, 6.07) is 8.94. The van der Waals surface area contributed by atoms with E-state index in [1.54, 1.807) is 4.90 Å². The summed E-state index contributed by atoms with van der Waals surface area (Å²) in [7, 11) is 0. The summed E-state index contributed by atoms with van der Waals surface area (Å²) < 4.78 is 0. The quantitative estimate of drug-likeness (QED) is 0.260. The van der Waals surface area contributed by atoms with E-state index in [4.69, 9.17) is 0 Å². The molecule has 0 unspecified atom stereocenters. The Bertz CT molecular complexity index is 1520. The van der Waals surface area contributed by atoms with Crippen molar-refractivity contribution in [2.24, 2.45) is 11.8 Å². The molecule has 12 heteroatoms. The van der Waals surface area contributed by atoms with Gasteiger partial charge in [0.25, 0.3) is 11.4 Å². The number of nitro benzene ring substituents is 2. The number of benzene rings is 2. The number of nitriles is 1. The minimum atomic E-state index is -1.16. The van der Waals surface area contributed by atoms with Gasteiger partial charge in [-0.15, -0.1) is 0 Å². The number of amides is 2.